The zero-order chi connectivity index (χ0) is 16.3. The van der Waals surface area contributed by atoms with Crippen LogP contribution in [0.3, 0.4) is 0 Å². The number of aliphatic hydroxyl groups excluding tert-OH is 3. The summed E-state index contributed by atoms with van der Waals surface area (Å²) in [5, 5.41) is 28.9. The van der Waals surface area contributed by atoms with Crippen LogP contribution in [0.25, 0.3) is 0 Å². The van der Waals surface area contributed by atoms with Crippen molar-refractivity contribution in [2.75, 3.05) is 6.61 Å². The highest BCUT2D eigenvalue weighted by Crippen LogP contribution is 2.20. The van der Waals surface area contributed by atoms with Crippen molar-refractivity contribution in [3.63, 3.8) is 0 Å². The van der Waals surface area contributed by atoms with Gasteiger partial charge in [0.25, 0.3) is 0 Å². The Balaban J connectivity index is 3.19. The number of hydrogen-bond acceptors (Lipinski definition) is 5. The van der Waals surface area contributed by atoms with Crippen molar-refractivity contribution in [3.8, 4) is 0 Å². The largest absolute Gasteiger partial charge is 0.394 e. The summed E-state index contributed by atoms with van der Waals surface area (Å²) in [5.41, 5.74) is -0.868. The van der Waals surface area contributed by atoms with Crippen LogP contribution in [0.5, 0.6) is 0 Å². The second-order valence-electron chi connectivity index (χ2n) is 5.01. The lowest BCUT2D eigenvalue weighted by atomic mass is 9.91. The molecule has 1 aromatic rings. The number of nitrogens with one attached hydrogen (secondary N) is 1. The molecule has 0 aliphatic heterocycles. The van der Waals surface area contributed by atoms with E-state index in [1.807, 2.05) is 6.92 Å². The molecule has 0 saturated carbocycles. The first-order chi connectivity index (χ1) is 9.68. The van der Waals surface area contributed by atoms with E-state index < -0.39 is 34.4 Å². The Morgan fingerprint density at radius 1 is 1.33 bits per heavy atom. The Labute approximate surface area is 124 Å². The fourth-order valence-corrected chi connectivity index (χ4v) is 3.25. The zero-order valence-corrected chi connectivity index (χ0v) is 12.8. The summed E-state index contributed by atoms with van der Waals surface area (Å²) in [4.78, 5) is -0.00873. The standard InChI is InChI=1S/C14H21NO5S/c1-4-14(9-16,13(18)11(3)17)15-21(19,20)12-7-5-10(2)6-8-12/h4-8,11,13,15-18H,1,9H2,2-3H3/t11-,13-,14+/m0/s1. The van der Waals surface area contributed by atoms with E-state index in [9.17, 15) is 23.7 Å². The summed E-state index contributed by atoms with van der Waals surface area (Å²) in [6.07, 6.45) is -1.72. The zero-order valence-electron chi connectivity index (χ0n) is 12.0. The lowest BCUT2D eigenvalue weighted by Gasteiger charge is -2.35. The predicted molar refractivity (Wildman–Crippen MR) is 79.2 cm³/mol. The summed E-state index contributed by atoms with van der Waals surface area (Å²) in [6.45, 7) is 5.81. The van der Waals surface area contributed by atoms with Gasteiger partial charge in [0.05, 0.1) is 17.6 Å². The number of benzene rings is 1. The molecular formula is C14H21NO5S. The first-order valence-corrected chi connectivity index (χ1v) is 7.88. The highest BCUT2D eigenvalue weighted by Gasteiger charge is 2.41. The third-order valence-corrected chi connectivity index (χ3v) is 4.81. The van der Waals surface area contributed by atoms with Gasteiger partial charge >= 0.3 is 0 Å². The molecule has 6 nitrogen and oxygen atoms in total. The number of aliphatic hydroxyl groups is 3. The monoisotopic (exact) mass is 315 g/mol. The molecule has 0 aliphatic rings. The topological polar surface area (TPSA) is 107 Å². The summed E-state index contributed by atoms with van der Waals surface area (Å²) < 4.78 is 26.9. The molecule has 0 aromatic heterocycles. The molecule has 3 atom stereocenters. The van der Waals surface area contributed by atoms with E-state index >= 15 is 0 Å². The second-order valence-corrected chi connectivity index (χ2v) is 6.69. The van der Waals surface area contributed by atoms with Crippen molar-refractivity contribution in [1.82, 2.24) is 4.72 Å². The molecular weight excluding hydrogens is 294 g/mol. The van der Waals surface area contributed by atoms with Crippen LogP contribution in [0, 0.1) is 6.92 Å². The van der Waals surface area contributed by atoms with E-state index in [1.165, 1.54) is 19.1 Å². The van der Waals surface area contributed by atoms with Gasteiger partial charge < -0.3 is 15.3 Å². The summed E-state index contributed by atoms with van der Waals surface area (Å²) in [6, 6.07) is 6.09. The van der Waals surface area contributed by atoms with Gasteiger partial charge in [0.1, 0.15) is 11.6 Å². The first kappa shape index (κ1) is 17.8. The minimum atomic E-state index is -3.99. The summed E-state index contributed by atoms with van der Waals surface area (Å²) in [5.74, 6) is 0. The maximum atomic E-state index is 12.3. The maximum Gasteiger partial charge on any atom is 0.241 e. The van der Waals surface area contributed by atoms with E-state index in [2.05, 4.69) is 11.3 Å². The molecule has 0 fully saturated rings. The SMILES string of the molecule is C=C[C@](CO)(NS(=O)(=O)c1ccc(C)cc1)[C@@H](O)[C@H](C)O. The Bertz CT molecular complexity index is 582. The second kappa shape index (κ2) is 6.67. The van der Waals surface area contributed by atoms with Gasteiger partial charge in [0.2, 0.25) is 10.0 Å². The van der Waals surface area contributed by atoms with Crippen LogP contribution >= 0.6 is 0 Å². The van der Waals surface area contributed by atoms with Gasteiger partial charge in [-0.05, 0) is 26.0 Å². The van der Waals surface area contributed by atoms with Gasteiger partial charge in [-0.2, -0.15) is 4.72 Å². The molecule has 4 N–H and O–H groups in total. The van der Waals surface area contributed by atoms with E-state index in [0.717, 1.165) is 11.6 Å². The van der Waals surface area contributed by atoms with Crippen molar-refractivity contribution in [2.45, 2.75) is 36.5 Å². The van der Waals surface area contributed by atoms with Gasteiger partial charge in [0, 0.05) is 0 Å². The molecule has 0 aliphatic carbocycles. The van der Waals surface area contributed by atoms with E-state index in [-0.39, 0.29) is 4.90 Å². The van der Waals surface area contributed by atoms with Gasteiger partial charge in [0.15, 0.2) is 0 Å². The first-order valence-electron chi connectivity index (χ1n) is 6.40. The molecule has 7 heteroatoms. The third-order valence-electron chi connectivity index (χ3n) is 3.27. The predicted octanol–water partition coefficient (Wildman–Crippen LogP) is -0.0679. The number of aryl methyl sites for hydroxylation is 1. The maximum absolute atomic E-state index is 12.3. The molecule has 1 aromatic carbocycles. The molecule has 0 radical (unpaired) electrons. The summed E-state index contributed by atoms with van der Waals surface area (Å²) in [7, 11) is -3.99. The van der Waals surface area contributed by atoms with Gasteiger partial charge in [-0.3, -0.25) is 0 Å². The molecule has 0 heterocycles. The molecule has 0 spiro atoms. The lowest BCUT2D eigenvalue weighted by molar-refractivity contribution is -0.0266. The van der Waals surface area contributed by atoms with Gasteiger partial charge in [-0.15, -0.1) is 6.58 Å². The Kier molecular flexibility index (Phi) is 5.66. The van der Waals surface area contributed by atoms with Crippen LogP contribution in [0.4, 0.5) is 0 Å². The highest BCUT2D eigenvalue weighted by atomic mass is 32.2. The average molecular weight is 315 g/mol. The molecule has 0 saturated heterocycles. The van der Waals surface area contributed by atoms with Crippen LogP contribution in [-0.4, -0.2) is 48.1 Å². The molecule has 21 heavy (non-hydrogen) atoms. The van der Waals surface area contributed by atoms with Crippen molar-refractivity contribution in [1.29, 1.82) is 0 Å². The minimum absolute atomic E-state index is 0.00873. The Morgan fingerprint density at radius 2 is 1.86 bits per heavy atom. The third kappa shape index (κ3) is 3.90. The van der Waals surface area contributed by atoms with Crippen molar-refractivity contribution >= 4 is 10.0 Å². The molecule has 118 valence electrons. The molecule has 0 amide bonds. The number of hydrogen-bond donors (Lipinski definition) is 4. The molecule has 0 bridgehead atoms. The lowest BCUT2D eigenvalue weighted by Crippen LogP contribution is -2.60. The van der Waals surface area contributed by atoms with Crippen molar-refractivity contribution in [2.24, 2.45) is 0 Å². The fourth-order valence-electron chi connectivity index (χ4n) is 1.87. The average Bonchev–Trinajstić information content (AvgIpc) is 2.44. The van der Waals surface area contributed by atoms with Crippen molar-refractivity contribution in [3.05, 3.63) is 42.5 Å². The van der Waals surface area contributed by atoms with Crippen molar-refractivity contribution < 1.29 is 23.7 Å². The smallest absolute Gasteiger partial charge is 0.241 e. The number of sulfonamides is 1. The van der Waals surface area contributed by atoms with E-state index in [4.69, 9.17) is 0 Å². The van der Waals surface area contributed by atoms with Gasteiger partial charge in [-0.25, -0.2) is 8.42 Å². The highest BCUT2D eigenvalue weighted by molar-refractivity contribution is 7.89. The fraction of sp³-hybridized carbons (Fsp3) is 0.429. The van der Waals surface area contributed by atoms with Crippen LogP contribution in [0.2, 0.25) is 0 Å². The van der Waals surface area contributed by atoms with Crippen LogP contribution < -0.4 is 4.72 Å². The Hall–Kier alpha value is -1.25. The van der Waals surface area contributed by atoms with Crippen LogP contribution in [-0.2, 0) is 10.0 Å². The Morgan fingerprint density at radius 3 is 2.24 bits per heavy atom. The normalized spacial score (nSPS) is 17.8. The van der Waals surface area contributed by atoms with E-state index in [0.29, 0.717) is 0 Å². The molecule has 0 unspecified atom stereocenters. The minimum Gasteiger partial charge on any atom is -0.394 e. The van der Waals surface area contributed by atoms with Crippen LogP contribution in [0.1, 0.15) is 12.5 Å². The van der Waals surface area contributed by atoms with Crippen LogP contribution in [0.15, 0.2) is 41.8 Å². The van der Waals surface area contributed by atoms with Gasteiger partial charge in [-0.1, -0.05) is 23.8 Å². The number of rotatable bonds is 7. The molecule has 1 rings (SSSR count). The quantitative estimate of drug-likeness (QED) is 0.527. The van der Waals surface area contributed by atoms with E-state index in [1.54, 1.807) is 12.1 Å². The summed E-state index contributed by atoms with van der Waals surface area (Å²) >= 11 is 0.